The summed E-state index contributed by atoms with van der Waals surface area (Å²) in [5, 5.41) is 15.0. The third kappa shape index (κ3) is 5.14. The standard InChI is InChI=1S/C16H20Cl2N6O2/c1-23-15(20-21-22-23)7-16(25)19-8-12-10-24(4-5-26-12)9-11-2-3-13(17)14(18)6-11/h2-3,6,12H,4-5,7-10H2,1H3,(H,19,25)/t12-/m0/s1. The molecular formula is C16H20Cl2N6O2. The molecule has 1 fully saturated rings. The van der Waals surface area contributed by atoms with Gasteiger partial charge in [-0.05, 0) is 28.1 Å². The van der Waals surface area contributed by atoms with Gasteiger partial charge < -0.3 is 10.1 Å². The van der Waals surface area contributed by atoms with Gasteiger partial charge in [0.1, 0.15) is 0 Å². The Bertz CT molecular complexity index is 769. The van der Waals surface area contributed by atoms with Crippen molar-refractivity contribution in [2.75, 3.05) is 26.2 Å². The molecule has 0 saturated carbocycles. The Balaban J connectivity index is 1.46. The second kappa shape index (κ2) is 8.77. The van der Waals surface area contributed by atoms with E-state index in [0.717, 1.165) is 25.2 Å². The minimum absolute atomic E-state index is 0.0620. The fraction of sp³-hybridized carbons (Fsp3) is 0.500. The number of halogens is 2. The number of benzene rings is 1. The quantitative estimate of drug-likeness (QED) is 0.783. The van der Waals surface area contributed by atoms with Crippen LogP contribution in [0.15, 0.2) is 18.2 Å². The molecule has 1 saturated heterocycles. The van der Waals surface area contributed by atoms with Crippen molar-refractivity contribution in [1.29, 1.82) is 0 Å². The molecule has 0 unspecified atom stereocenters. The molecule has 3 rings (SSSR count). The summed E-state index contributed by atoms with van der Waals surface area (Å²) < 4.78 is 7.23. The highest BCUT2D eigenvalue weighted by atomic mass is 35.5. The first-order valence-corrected chi connectivity index (χ1v) is 9.02. The van der Waals surface area contributed by atoms with Gasteiger partial charge in [-0.15, -0.1) is 5.10 Å². The lowest BCUT2D eigenvalue weighted by Gasteiger charge is -2.33. The van der Waals surface area contributed by atoms with Crippen LogP contribution in [-0.4, -0.2) is 63.4 Å². The van der Waals surface area contributed by atoms with Crippen LogP contribution in [0, 0.1) is 0 Å². The highest BCUT2D eigenvalue weighted by Gasteiger charge is 2.21. The average molecular weight is 399 g/mol. The Labute approximate surface area is 161 Å². The van der Waals surface area contributed by atoms with Crippen LogP contribution in [0.25, 0.3) is 0 Å². The first-order valence-electron chi connectivity index (χ1n) is 8.27. The van der Waals surface area contributed by atoms with Crippen LogP contribution in [0.4, 0.5) is 0 Å². The molecular weight excluding hydrogens is 379 g/mol. The summed E-state index contributed by atoms with van der Waals surface area (Å²) >= 11 is 12.0. The normalized spacial score (nSPS) is 18.0. The molecule has 26 heavy (non-hydrogen) atoms. The first-order chi connectivity index (χ1) is 12.5. The number of carbonyl (C=O) groups is 1. The van der Waals surface area contributed by atoms with Crippen molar-refractivity contribution in [2.24, 2.45) is 7.05 Å². The van der Waals surface area contributed by atoms with Crippen molar-refractivity contribution < 1.29 is 9.53 Å². The molecule has 2 heterocycles. The molecule has 1 aromatic heterocycles. The van der Waals surface area contributed by atoms with Gasteiger partial charge in [0.05, 0.1) is 29.2 Å². The first kappa shape index (κ1) is 19.0. The minimum atomic E-state index is -0.131. The Morgan fingerprint density at radius 3 is 2.96 bits per heavy atom. The molecule has 2 aromatic rings. The third-order valence-corrected chi connectivity index (χ3v) is 4.91. The SMILES string of the molecule is Cn1nnnc1CC(=O)NC[C@H]1CN(Cc2ccc(Cl)c(Cl)c2)CCO1. The Morgan fingerprint density at radius 2 is 2.23 bits per heavy atom. The minimum Gasteiger partial charge on any atom is -0.374 e. The van der Waals surface area contributed by atoms with Gasteiger partial charge in [0.2, 0.25) is 5.91 Å². The maximum atomic E-state index is 12.0. The number of rotatable bonds is 6. The van der Waals surface area contributed by atoms with Crippen molar-refractivity contribution in [3.8, 4) is 0 Å². The molecule has 1 aliphatic heterocycles. The number of tetrazole rings is 1. The number of hydrogen-bond donors (Lipinski definition) is 1. The van der Waals surface area contributed by atoms with Gasteiger partial charge in [-0.2, -0.15) is 0 Å². The Hall–Kier alpha value is -1.74. The van der Waals surface area contributed by atoms with E-state index in [0.29, 0.717) is 29.0 Å². The smallest absolute Gasteiger partial charge is 0.227 e. The average Bonchev–Trinajstić information content (AvgIpc) is 3.01. The summed E-state index contributed by atoms with van der Waals surface area (Å²) in [5.41, 5.74) is 1.10. The molecule has 10 heteroatoms. The van der Waals surface area contributed by atoms with Gasteiger partial charge in [0.25, 0.3) is 0 Å². The Morgan fingerprint density at radius 1 is 1.38 bits per heavy atom. The van der Waals surface area contributed by atoms with Crippen LogP contribution < -0.4 is 5.32 Å². The van der Waals surface area contributed by atoms with Crippen molar-refractivity contribution in [2.45, 2.75) is 19.1 Å². The number of amides is 1. The van der Waals surface area contributed by atoms with E-state index in [4.69, 9.17) is 27.9 Å². The second-order valence-corrected chi connectivity index (χ2v) is 6.99. The fourth-order valence-corrected chi connectivity index (χ4v) is 3.10. The van der Waals surface area contributed by atoms with Crippen LogP contribution in [0.1, 0.15) is 11.4 Å². The largest absolute Gasteiger partial charge is 0.374 e. The van der Waals surface area contributed by atoms with Crippen molar-refractivity contribution in [3.05, 3.63) is 39.6 Å². The van der Waals surface area contributed by atoms with Crippen LogP contribution in [0.2, 0.25) is 10.0 Å². The molecule has 1 atom stereocenters. The lowest BCUT2D eigenvalue weighted by Crippen LogP contribution is -2.47. The van der Waals surface area contributed by atoms with Crippen molar-refractivity contribution >= 4 is 29.1 Å². The van der Waals surface area contributed by atoms with Crippen molar-refractivity contribution in [1.82, 2.24) is 30.4 Å². The maximum absolute atomic E-state index is 12.0. The molecule has 8 nitrogen and oxygen atoms in total. The van der Waals surface area contributed by atoms with Gasteiger partial charge >= 0.3 is 0 Å². The van der Waals surface area contributed by atoms with Gasteiger partial charge in [-0.1, -0.05) is 29.3 Å². The lowest BCUT2D eigenvalue weighted by atomic mass is 10.2. The number of nitrogens with one attached hydrogen (secondary N) is 1. The molecule has 0 spiro atoms. The summed E-state index contributed by atoms with van der Waals surface area (Å²) in [6.07, 6.45) is 0.0801. The van der Waals surface area contributed by atoms with Gasteiger partial charge in [0.15, 0.2) is 5.82 Å². The maximum Gasteiger partial charge on any atom is 0.227 e. The zero-order valence-electron chi connectivity index (χ0n) is 14.4. The molecule has 0 aliphatic carbocycles. The highest BCUT2D eigenvalue weighted by Crippen LogP contribution is 2.23. The summed E-state index contributed by atoms with van der Waals surface area (Å²) in [7, 11) is 1.70. The van der Waals surface area contributed by atoms with Crippen molar-refractivity contribution in [3.63, 3.8) is 0 Å². The predicted molar refractivity (Wildman–Crippen MR) is 97.0 cm³/mol. The molecule has 0 bridgehead atoms. The van der Waals surface area contributed by atoms with Crippen LogP contribution in [-0.2, 0) is 29.5 Å². The highest BCUT2D eigenvalue weighted by molar-refractivity contribution is 6.42. The van der Waals surface area contributed by atoms with Crippen LogP contribution in [0.5, 0.6) is 0 Å². The third-order valence-electron chi connectivity index (χ3n) is 4.17. The number of carbonyl (C=O) groups excluding carboxylic acids is 1. The van der Waals surface area contributed by atoms with E-state index in [-0.39, 0.29) is 18.4 Å². The van der Waals surface area contributed by atoms with E-state index >= 15 is 0 Å². The van der Waals surface area contributed by atoms with E-state index in [9.17, 15) is 4.79 Å². The number of hydrogen-bond acceptors (Lipinski definition) is 6. The summed E-state index contributed by atoms with van der Waals surface area (Å²) in [6.45, 7) is 3.38. The van der Waals surface area contributed by atoms with Gasteiger partial charge in [-0.25, -0.2) is 4.68 Å². The Kier molecular flexibility index (Phi) is 6.42. The predicted octanol–water partition coefficient (Wildman–Crippen LogP) is 1.08. The van der Waals surface area contributed by atoms with Gasteiger partial charge in [0, 0.05) is 33.2 Å². The van der Waals surface area contributed by atoms with E-state index in [1.807, 2.05) is 12.1 Å². The van der Waals surface area contributed by atoms with E-state index in [2.05, 4.69) is 25.7 Å². The zero-order valence-corrected chi connectivity index (χ0v) is 15.9. The van der Waals surface area contributed by atoms with Gasteiger partial charge in [-0.3, -0.25) is 9.69 Å². The summed E-state index contributed by atoms with van der Waals surface area (Å²) in [5.74, 6) is 0.390. The molecule has 0 radical (unpaired) electrons. The molecule has 1 aromatic carbocycles. The van der Waals surface area contributed by atoms with E-state index in [1.54, 1.807) is 13.1 Å². The monoisotopic (exact) mass is 398 g/mol. The molecule has 1 aliphatic rings. The topological polar surface area (TPSA) is 85.2 Å². The van der Waals surface area contributed by atoms with E-state index < -0.39 is 0 Å². The number of morpholine rings is 1. The number of ether oxygens (including phenoxy) is 1. The number of aryl methyl sites for hydroxylation is 1. The van der Waals surface area contributed by atoms with Crippen LogP contribution in [0.3, 0.4) is 0 Å². The number of nitrogens with zero attached hydrogens (tertiary/aromatic N) is 5. The fourth-order valence-electron chi connectivity index (χ4n) is 2.78. The zero-order chi connectivity index (χ0) is 18.5. The molecule has 140 valence electrons. The summed E-state index contributed by atoms with van der Waals surface area (Å²) in [6, 6.07) is 5.65. The molecule has 1 N–H and O–H groups in total. The van der Waals surface area contributed by atoms with Crippen LogP contribution >= 0.6 is 23.2 Å². The number of aromatic nitrogens is 4. The summed E-state index contributed by atoms with van der Waals surface area (Å²) in [4.78, 5) is 14.3. The second-order valence-electron chi connectivity index (χ2n) is 6.18. The molecule has 1 amide bonds. The van der Waals surface area contributed by atoms with E-state index in [1.165, 1.54) is 4.68 Å². The lowest BCUT2D eigenvalue weighted by molar-refractivity contribution is -0.121.